The number of halogens is 3. The third kappa shape index (κ3) is 2.53. The van der Waals surface area contributed by atoms with Crippen LogP contribution >= 0.6 is 23.2 Å². The Hall–Kier alpha value is -1.91. The van der Waals surface area contributed by atoms with Crippen LogP contribution < -0.4 is 5.32 Å². The van der Waals surface area contributed by atoms with Gasteiger partial charge in [0.1, 0.15) is 11.6 Å². The summed E-state index contributed by atoms with van der Waals surface area (Å²) >= 11 is 11.9. The van der Waals surface area contributed by atoms with Crippen molar-refractivity contribution in [3.05, 3.63) is 58.6 Å². The molecule has 0 amide bonds. The molecule has 20 heavy (non-hydrogen) atoms. The van der Waals surface area contributed by atoms with Gasteiger partial charge in [-0.1, -0.05) is 23.7 Å². The Labute approximate surface area is 124 Å². The molecule has 6 heteroatoms. The fraction of sp³-hybridized carbons (Fsp3) is 0. The van der Waals surface area contributed by atoms with E-state index in [0.717, 1.165) is 5.39 Å². The van der Waals surface area contributed by atoms with Gasteiger partial charge in [0.15, 0.2) is 0 Å². The van der Waals surface area contributed by atoms with Gasteiger partial charge in [-0.05, 0) is 41.9 Å². The molecule has 100 valence electrons. The molecular formula is C14H8Cl2FN3. The van der Waals surface area contributed by atoms with Crippen molar-refractivity contribution < 1.29 is 4.39 Å². The lowest BCUT2D eigenvalue weighted by Crippen LogP contribution is -1.98. The Morgan fingerprint density at radius 3 is 2.65 bits per heavy atom. The first-order valence-corrected chi connectivity index (χ1v) is 6.53. The van der Waals surface area contributed by atoms with Crippen molar-refractivity contribution in [1.29, 1.82) is 0 Å². The van der Waals surface area contributed by atoms with Gasteiger partial charge in [-0.2, -0.15) is 4.98 Å². The molecule has 3 rings (SSSR count). The van der Waals surface area contributed by atoms with E-state index >= 15 is 0 Å². The molecule has 1 aromatic heterocycles. The maximum atomic E-state index is 13.3. The number of nitrogens with one attached hydrogen (secondary N) is 1. The molecule has 2 aromatic carbocycles. The molecule has 0 aliphatic heterocycles. The summed E-state index contributed by atoms with van der Waals surface area (Å²) in [6, 6.07) is 11.4. The van der Waals surface area contributed by atoms with Crippen LogP contribution in [0.5, 0.6) is 0 Å². The van der Waals surface area contributed by atoms with Gasteiger partial charge in [-0.25, -0.2) is 9.37 Å². The van der Waals surface area contributed by atoms with Crippen molar-refractivity contribution in [3.8, 4) is 0 Å². The van der Waals surface area contributed by atoms with E-state index in [0.29, 0.717) is 22.0 Å². The van der Waals surface area contributed by atoms with Gasteiger partial charge < -0.3 is 5.32 Å². The third-order valence-electron chi connectivity index (χ3n) is 2.76. The summed E-state index contributed by atoms with van der Waals surface area (Å²) in [6.45, 7) is 0. The number of anilines is 2. The monoisotopic (exact) mass is 307 g/mol. The molecule has 0 saturated carbocycles. The second-order valence-corrected chi connectivity index (χ2v) is 4.85. The number of para-hydroxylation sites is 1. The number of benzene rings is 2. The molecule has 1 N–H and O–H groups in total. The zero-order valence-corrected chi connectivity index (χ0v) is 11.6. The minimum Gasteiger partial charge on any atom is -0.338 e. The lowest BCUT2D eigenvalue weighted by Gasteiger charge is -2.10. The Kier molecular flexibility index (Phi) is 3.42. The lowest BCUT2D eigenvalue weighted by atomic mass is 10.2. The van der Waals surface area contributed by atoms with E-state index in [4.69, 9.17) is 23.2 Å². The van der Waals surface area contributed by atoms with Crippen molar-refractivity contribution in [1.82, 2.24) is 9.97 Å². The van der Waals surface area contributed by atoms with Crippen LogP contribution in [0.25, 0.3) is 10.9 Å². The van der Waals surface area contributed by atoms with E-state index in [1.54, 1.807) is 0 Å². The smallest absolute Gasteiger partial charge is 0.224 e. The normalized spacial score (nSPS) is 10.8. The van der Waals surface area contributed by atoms with Crippen molar-refractivity contribution in [2.45, 2.75) is 0 Å². The van der Waals surface area contributed by atoms with Crippen molar-refractivity contribution in [2.75, 3.05) is 5.32 Å². The predicted molar refractivity (Wildman–Crippen MR) is 79.2 cm³/mol. The van der Waals surface area contributed by atoms with Crippen molar-refractivity contribution >= 4 is 45.6 Å². The van der Waals surface area contributed by atoms with Crippen LogP contribution in [0.3, 0.4) is 0 Å². The number of rotatable bonds is 2. The van der Waals surface area contributed by atoms with E-state index in [1.807, 2.05) is 24.3 Å². The summed E-state index contributed by atoms with van der Waals surface area (Å²) in [5.41, 5.74) is 1.12. The molecule has 0 aliphatic carbocycles. The van der Waals surface area contributed by atoms with Crippen LogP contribution in [-0.2, 0) is 0 Å². The van der Waals surface area contributed by atoms with E-state index in [1.165, 1.54) is 18.2 Å². The summed E-state index contributed by atoms with van der Waals surface area (Å²) in [6.07, 6.45) is 0. The van der Waals surface area contributed by atoms with Crippen LogP contribution in [0.15, 0.2) is 42.5 Å². The molecule has 0 aliphatic rings. The number of hydrogen-bond acceptors (Lipinski definition) is 3. The molecule has 3 nitrogen and oxygen atoms in total. The quantitative estimate of drug-likeness (QED) is 0.690. The second-order valence-electron chi connectivity index (χ2n) is 4.11. The first-order valence-electron chi connectivity index (χ1n) is 5.78. The molecule has 0 spiro atoms. The van der Waals surface area contributed by atoms with Crippen LogP contribution in [0.4, 0.5) is 15.9 Å². The lowest BCUT2D eigenvalue weighted by molar-refractivity contribution is 0.628. The number of aromatic nitrogens is 2. The van der Waals surface area contributed by atoms with E-state index in [2.05, 4.69) is 15.3 Å². The summed E-state index contributed by atoms with van der Waals surface area (Å²) in [7, 11) is 0. The molecule has 0 bridgehead atoms. The van der Waals surface area contributed by atoms with Crippen molar-refractivity contribution in [2.24, 2.45) is 0 Å². The predicted octanol–water partition coefficient (Wildman–Crippen LogP) is 4.82. The summed E-state index contributed by atoms with van der Waals surface area (Å²) in [5.74, 6) is 0.0921. The largest absolute Gasteiger partial charge is 0.338 e. The van der Waals surface area contributed by atoms with Crippen LogP contribution in [0, 0.1) is 5.82 Å². The van der Waals surface area contributed by atoms with Crippen molar-refractivity contribution in [3.63, 3.8) is 0 Å². The summed E-state index contributed by atoms with van der Waals surface area (Å²) in [5, 5.41) is 4.27. The van der Waals surface area contributed by atoms with E-state index in [-0.39, 0.29) is 11.1 Å². The van der Waals surface area contributed by atoms with E-state index < -0.39 is 0 Å². The SMILES string of the molecule is Fc1ccc(Cl)c(Nc2nc(Cl)nc3ccccc23)c1. The van der Waals surface area contributed by atoms with Gasteiger partial charge in [-0.15, -0.1) is 0 Å². The van der Waals surface area contributed by atoms with Gasteiger partial charge in [0, 0.05) is 5.39 Å². The highest BCUT2D eigenvalue weighted by Gasteiger charge is 2.09. The Balaban J connectivity index is 2.13. The molecular weight excluding hydrogens is 300 g/mol. The first kappa shape index (κ1) is 13.1. The average Bonchev–Trinajstić information content (AvgIpc) is 2.43. The zero-order valence-electron chi connectivity index (χ0n) is 10.1. The standard InChI is InChI=1S/C14H8Cl2FN3/c15-10-6-5-8(17)7-12(10)18-13-9-3-1-2-4-11(9)19-14(16)20-13/h1-7H,(H,18,19,20). The summed E-state index contributed by atoms with van der Waals surface area (Å²) < 4.78 is 13.3. The minimum absolute atomic E-state index is 0.110. The first-order chi connectivity index (χ1) is 9.63. The molecule has 0 saturated heterocycles. The Bertz CT molecular complexity index is 792. The Morgan fingerprint density at radius 2 is 1.80 bits per heavy atom. The van der Waals surface area contributed by atoms with Gasteiger partial charge in [0.05, 0.1) is 16.2 Å². The highest BCUT2D eigenvalue weighted by Crippen LogP contribution is 2.29. The molecule has 0 radical (unpaired) electrons. The summed E-state index contributed by atoms with van der Waals surface area (Å²) in [4.78, 5) is 8.25. The average molecular weight is 308 g/mol. The zero-order chi connectivity index (χ0) is 14.1. The van der Waals surface area contributed by atoms with Crippen LogP contribution in [-0.4, -0.2) is 9.97 Å². The van der Waals surface area contributed by atoms with Gasteiger partial charge in [0.25, 0.3) is 0 Å². The fourth-order valence-corrected chi connectivity index (χ4v) is 2.20. The molecule has 1 heterocycles. The van der Waals surface area contributed by atoms with Crippen LogP contribution in [0.1, 0.15) is 0 Å². The number of fused-ring (bicyclic) bond motifs is 1. The van der Waals surface area contributed by atoms with Gasteiger partial charge in [0.2, 0.25) is 5.28 Å². The third-order valence-corrected chi connectivity index (χ3v) is 3.26. The van der Waals surface area contributed by atoms with Crippen LogP contribution in [0.2, 0.25) is 10.3 Å². The second kappa shape index (κ2) is 5.23. The minimum atomic E-state index is -0.388. The fourth-order valence-electron chi connectivity index (χ4n) is 1.86. The van der Waals surface area contributed by atoms with E-state index in [9.17, 15) is 4.39 Å². The molecule has 3 aromatic rings. The van der Waals surface area contributed by atoms with Gasteiger partial charge >= 0.3 is 0 Å². The van der Waals surface area contributed by atoms with Gasteiger partial charge in [-0.3, -0.25) is 0 Å². The topological polar surface area (TPSA) is 37.8 Å². The maximum Gasteiger partial charge on any atom is 0.224 e. The molecule has 0 fully saturated rings. The Morgan fingerprint density at radius 1 is 1.00 bits per heavy atom. The number of hydrogen-bond donors (Lipinski definition) is 1. The maximum absolute atomic E-state index is 13.3. The highest BCUT2D eigenvalue weighted by atomic mass is 35.5. The molecule has 0 unspecified atom stereocenters. The number of nitrogens with zero attached hydrogens (tertiary/aromatic N) is 2. The highest BCUT2D eigenvalue weighted by molar-refractivity contribution is 6.33. The molecule has 0 atom stereocenters.